The summed E-state index contributed by atoms with van der Waals surface area (Å²) in [5.74, 6) is -0.0760. The Hall–Kier alpha value is -3.07. The zero-order valence-electron chi connectivity index (χ0n) is 21.1. The Balaban J connectivity index is 1.80. The first-order valence-electron chi connectivity index (χ1n) is 12.5. The molecule has 190 valence electrons. The Bertz CT molecular complexity index is 1120. The van der Waals surface area contributed by atoms with E-state index in [0.717, 1.165) is 31.2 Å². The van der Waals surface area contributed by atoms with Gasteiger partial charge in [0.15, 0.2) is 0 Å². The predicted octanol–water partition coefficient (Wildman–Crippen LogP) is 3.31. The molecule has 0 saturated heterocycles. The molecule has 35 heavy (non-hydrogen) atoms. The van der Waals surface area contributed by atoms with Crippen LogP contribution in [-0.4, -0.2) is 65.6 Å². The third-order valence-electron chi connectivity index (χ3n) is 7.14. The lowest BCUT2D eigenvalue weighted by Crippen LogP contribution is -2.65. The highest BCUT2D eigenvalue weighted by atomic mass is 16.5. The molecule has 9 nitrogen and oxygen atoms in total. The van der Waals surface area contributed by atoms with Gasteiger partial charge in [-0.25, -0.2) is 0 Å². The van der Waals surface area contributed by atoms with Gasteiger partial charge < -0.3 is 29.6 Å². The summed E-state index contributed by atoms with van der Waals surface area (Å²) in [4.78, 5) is 41.5. The van der Waals surface area contributed by atoms with Crippen molar-refractivity contribution in [3.05, 3.63) is 23.9 Å². The van der Waals surface area contributed by atoms with E-state index in [4.69, 9.17) is 9.47 Å². The van der Waals surface area contributed by atoms with Crippen LogP contribution in [0, 0.1) is 0 Å². The van der Waals surface area contributed by atoms with Crippen LogP contribution in [0.2, 0.25) is 0 Å². The lowest BCUT2D eigenvalue weighted by molar-refractivity contribution is -0.133. The summed E-state index contributed by atoms with van der Waals surface area (Å²) < 4.78 is 12.8. The van der Waals surface area contributed by atoms with Crippen molar-refractivity contribution in [3.8, 4) is 5.75 Å². The van der Waals surface area contributed by atoms with Gasteiger partial charge in [0, 0.05) is 38.1 Å². The average Bonchev–Trinajstić information content (AvgIpc) is 3.44. The molecule has 2 heterocycles. The zero-order chi connectivity index (χ0) is 25.2. The number of hydrogen-bond donors (Lipinski definition) is 2. The number of rotatable bonds is 9. The number of amides is 3. The van der Waals surface area contributed by atoms with Crippen molar-refractivity contribution in [1.29, 1.82) is 0 Å². The van der Waals surface area contributed by atoms with Crippen molar-refractivity contribution in [2.75, 3.05) is 32.2 Å². The fourth-order valence-corrected chi connectivity index (χ4v) is 5.32. The van der Waals surface area contributed by atoms with Gasteiger partial charge in [-0.3, -0.25) is 14.4 Å². The Labute approximate surface area is 206 Å². The van der Waals surface area contributed by atoms with Crippen molar-refractivity contribution in [1.82, 2.24) is 14.8 Å². The lowest BCUT2D eigenvalue weighted by atomic mass is 9.93. The number of carbonyl (C=O) groups excluding carboxylic acids is 3. The van der Waals surface area contributed by atoms with Gasteiger partial charge in [-0.2, -0.15) is 0 Å². The van der Waals surface area contributed by atoms with Crippen LogP contribution in [0.3, 0.4) is 0 Å². The second-order valence-corrected chi connectivity index (χ2v) is 9.61. The van der Waals surface area contributed by atoms with Crippen molar-refractivity contribution >= 4 is 34.3 Å². The third-order valence-corrected chi connectivity index (χ3v) is 7.14. The normalized spacial score (nSPS) is 20.2. The van der Waals surface area contributed by atoms with E-state index < -0.39 is 5.54 Å². The van der Waals surface area contributed by atoms with Gasteiger partial charge in [0.05, 0.1) is 24.9 Å². The summed E-state index contributed by atoms with van der Waals surface area (Å²) in [7, 11) is 1.57. The van der Waals surface area contributed by atoms with Crippen LogP contribution in [0.25, 0.3) is 10.9 Å². The molecular weight excluding hydrogens is 448 g/mol. The topological polar surface area (TPSA) is 102 Å². The van der Waals surface area contributed by atoms with Crippen LogP contribution in [0.4, 0.5) is 5.69 Å². The summed E-state index contributed by atoms with van der Waals surface area (Å²) in [5.41, 5.74) is 0.514. The smallest absolute Gasteiger partial charge is 0.273 e. The molecule has 3 amide bonds. The Morgan fingerprint density at radius 2 is 1.97 bits per heavy atom. The molecule has 1 aromatic carbocycles. The number of ether oxygens (including phenoxy) is 2. The molecule has 1 aromatic heterocycles. The number of nitrogens with zero attached hydrogens (tertiary/aromatic N) is 2. The average molecular weight is 485 g/mol. The maximum absolute atomic E-state index is 14.1. The van der Waals surface area contributed by atoms with Crippen molar-refractivity contribution in [3.63, 3.8) is 0 Å². The SMILES string of the molecule is CCOCCCN1C(=O)c2c(NC(C)=O)c3cc(OC)ccc3n2C[C@@]1(C)C(=O)NC1CCCC1. The van der Waals surface area contributed by atoms with Gasteiger partial charge in [0.2, 0.25) is 11.8 Å². The summed E-state index contributed by atoms with van der Waals surface area (Å²) in [6.07, 6.45) is 4.74. The van der Waals surface area contributed by atoms with Gasteiger partial charge in [-0.1, -0.05) is 12.8 Å². The maximum Gasteiger partial charge on any atom is 0.273 e. The van der Waals surface area contributed by atoms with E-state index >= 15 is 0 Å². The fraction of sp³-hybridized carbons (Fsp3) is 0.577. The first kappa shape index (κ1) is 25.0. The second kappa shape index (κ2) is 10.3. The Kier molecular flexibility index (Phi) is 7.35. The number of carbonyl (C=O) groups is 3. The highest BCUT2D eigenvalue weighted by molar-refractivity contribution is 6.14. The van der Waals surface area contributed by atoms with Gasteiger partial charge in [-0.05, 0) is 51.3 Å². The number of fused-ring (bicyclic) bond motifs is 3. The van der Waals surface area contributed by atoms with Gasteiger partial charge in [0.1, 0.15) is 17.0 Å². The molecule has 0 bridgehead atoms. The highest BCUT2D eigenvalue weighted by Crippen LogP contribution is 2.40. The first-order chi connectivity index (χ1) is 16.8. The van der Waals surface area contributed by atoms with Crippen LogP contribution in [0.5, 0.6) is 5.75 Å². The lowest BCUT2D eigenvalue weighted by Gasteiger charge is -2.44. The van der Waals surface area contributed by atoms with E-state index in [2.05, 4.69) is 10.6 Å². The van der Waals surface area contributed by atoms with Crippen LogP contribution < -0.4 is 15.4 Å². The molecule has 2 N–H and O–H groups in total. The third kappa shape index (κ3) is 4.74. The van der Waals surface area contributed by atoms with Crippen molar-refractivity contribution in [2.24, 2.45) is 0 Å². The molecule has 4 rings (SSSR count). The largest absolute Gasteiger partial charge is 0.497 e. The fourth-order valence-electron chi connectivity index (χ4n) is 5.32. The van der Waals surface area contributed by atoms with Crippen LogP contribution in [0.15, 0.2) is 18.2 Å². The number of benzene rings is 1. The number of aromatic nitrogens is 1. The highest BCUT2D eigenvalue weighted by Gasteiger charge is 2.49. The minimum atomic E-state index is -1.09. The van der Waals surface area contributed by atoms with E-state index in [-0.39, 0.29) is 30.3 Å². The van der Waals surface area contributed by atoms with Gasteiger partial charge >= 0.3 is 0 Å². The Morgan fingerprint density at radius 1 is 1.23 bits per heavy atom. The van der Waals surface area contributed by atoms with E-state index in [1.807, 2.05) is 36.6 Å². The zero-order valence-corrected chi connectivity index (χ0v) is 21.1. The van der Waals surface area contributed by atoms with E-state index in [1.165, 1.54) is 6.92 Å². The molecule has 1 atom stereocenters. The van der Waals surface area contributed by atoms with E-state index in [0.29, 0.717) is 48.7 Å². The molecule has 9 heteroatoms. The number of hydrogen-bond acceptors (Lipinski definition) is 5. The number of nitrogens with one attached hydrogen (secondary N) is 2. The van der Waals surface area contributed by atoms with Crippen LogP contribution >= 0.6 is 0 Å². The summed E-state index contributed by atoms with van der Waals surface area (Å²) in [6, 6.07) is 5.65. The van der Waals surface area contributed by atoms with Crippen molar-refractivity contribution in [2.45, 2.75) is 71.0 Å². The molecule has 0 spiro atoms. The molecule has 0 unspecified atom stereocenters. The minimum Gasteiger partial charge on any atom is -0.497 e. The molecular formula is C26H36N4O5. The van der Waals surface area contributed by atoms with Gasteiger partial charge in [0.25, 0.3) is 5.91 Å². The van der Waals surface area contributed by atoms with Crippen molar-refractivity contribution < 1.29 is 23.9 Å². The molecule has 1 aliphatic carbocycles. The monoisotopic (exact) mass is 484 g/mol. The minimum absolute atomic E-state index is 0.140. The molecule has 0 radical (unpaired) electrons. The summed E-state index contributed by atoms with van der Waals surface area (Å²) in [6.45, 7) is 6.93. The molecule has 1 aliphatic heterocycles. The van der Waals surface area contributed by atoms with Crippen LogP contribution in [0.1, 0.15) is 63.4 Å². The summed E-state index contributed by atoms with van der Waals surface area (Å²) >= 11 is 0. The first-order valence-corrected chi connectivity index (χ1v) is 12.5. The number of methoxy groups -OCH3 is 1. The maximum atomic E-state index is 14.1. The quantitative estimate of drug-likeness (QED) is 0.532. The van der Waals surface area contributed by atoms with Gasteiger partial charge in [-0.15, -0.1) is 0 Å². The van der Waals surface area contributed by atoms with Crippen LogP contribution in [-0.2, 0) is 20.9 Å². The van der Waals surface area contributed by atoms with E-state index in [1.54, 1.807) is 12.0 Å². The summed E-state index contributed by atoms with van der Waals surface area (Å²) in [5, 5.41) is 6.78. The Morgan fingerprint density at radius 3 is 2.63 bits per heavy atom. The standard InChI is InChI=1S/C26H36N4O5/c1-5-35-14-8-13-30-24(32)23-22(27-17(2)31)20-15-19(34-4)11-12-21(20)29(23)16-26(30,3)25(33)28-18-9-6-7-10-18/h11-12,15,18H,5-10,13-14,16H2,1-4H3,(H,27,31)(H,28,33)/t26-/m0/s1. The number of anilines is 1. The van der Waals surface area contributed by atoms with E-state index in [9.17, 15) is 14.4 Å². The molecule has 1 saturated carbocycles. The molecule has 2 aliphatic rings. The molecule has 2 aromatic rings. The molecule has 1 fully saturated rings. The predicted molar refractivity (Wildman–Crippen MR) is 134 cm³/mol. The second-order valence-electron chi connectivity index (χ2n) is 9.61.